The summed E-state index contributed by atoms with van der Waals surface area (Å²) in [7, 11) is -2.45. The average molecular weight is 579 g/mol. The van der Waals surface area contributed by atoms with E-state index in [-0.39, 0.29) is 29.1 Å². The molecule has 198 valence electrons. The number of carbonyl (C=O) groups excluding carboxylic acids is 2. The third-order valence-electron chi connectivity index (χ3n) is 5.29. The number of sulfonamides is 1. The molecule has 0 aliphatic carbocycles. The lowest BCUT2D eigenvalue weighted by Gasteiger charge is -2.31. The number of halogens is 3. The molecule has 8 nitrogen and oxygen atoms in total. The fraction of sp³-hybridized carbons (Fsp3) is 0.417. The molecule has 0 aromatic heterocycles. The maximum absolute atomic E-state index is 13.5. The van der Waals surface area contributed by atoms with Crippen LogP contribution in [0.4, 0.5) is 5.69 Å². The van der Waals surface area contributed by atoms with Crippen molar-refractivity contribution in [1.29, 1.82) is 0 Å². The van der Waals surface area contributed by atoms with Gasteiger partial charge in [0.1, 0.15) is 18.3 Å². The largest absolute Gasteiger partial charge is 0.495 e. The molecule has 2 aromatic carbocycles. The first-order chi connectivity index (χ1) is 16.7. The Kier molecular flexibility index (Phi) is 10.7. The molecule has 0 radical (unpaired) electrons. The fourth-order valence-electron chi connectivity index (χ4n) is 3.29. The molecule has 2 aromatic rings. The van der Waals surface area contributed by atoms with Gasteiger partial charge >= 0.3 is 0 Å². The highest BCUT2D eigenvalue weighted by molar-refractivity contribution is 7.92. The summed E-state index contributed by atoms with van der Waals surface area (Å²) in [6.07, 6.45) is 0.987. The average Bonchev–Trinajstić information content (AvgIpc) is 2.80. The van der Waals surface area contributed by atoms with Crippen LogP contribution in [0.15, 0.2) is 36.4 Å². The number of nitrogens with zero attached hydrogens (tertiary/aromatic N) is 2. The lowest BCUT2D eigenvalue weighted by atomic mass is 10.1. The number of rotatable bonds is 11. The van der Waals surface area contributed by atoms with Gasteiger partial charge < -0.3 is 15.0 Å². The van der Waals surface area contributed by atoms with E-state index in [2.05, 4.69) is 5.32 Å². The van der Waals surface area contributed by atoms with Crippen molar-refractivity contribution in [2.24, 2.45) is 5.92 Å². The predicted octanol–water partition coefficient (Wildman–Crippen LogP) is 4.61. The molecule has 1 N–H and O–H groups in total. The van der Waals surface area contributed by atoms with Crippen LogP contribution in [0.3, 0.4) is 0 Å². The Morgan fingerprint density at radius 2 is 1.67 bits per heavy atom. The second-order valence-corrected chi connectivity index (χ2v) is 11.8. The van der Waals surface area contributed by atoms with Gasteiger partial charge in [-0.3, -0.25) is 13.9 Å². The number of carbonyl (C=O) groups is 2. The molecule has 1 unspecified atom stereocenters. The van der Waals surface area contributed by atoms with Crippen molar-refractivity contribution >= 4 is 62.3 Å². The molecule has 2 rings (SSSR count). The van der Waals surface area contributed by atoms with Crippen molar-refractivity contribution in [1.82, 2.24) is 10.2 Å². The van der Waals surface area contributed by atoms with Gasteiger partial charge in [-0.15, -0.1) is 0 Å². The van der Waals surface area contributed by atoms with E-state index in [1.807, 2.05) is 13.8 Å². The number of hydrogen-bond donors (Lipinski definition) is 1. The van der Waals surface area contributed by atoms with E-state index in [9.17, 15) is 18.0 Å². The fourth-order valence-corrected chi connectivity index (χ4v) is 4.71. The van der Waals surface area contributed by atoms with Gasteiger partial charge in [0.15, 0.2) is 0 Å². The van der Waals surface area contributed by atoms with E-state index in [0.717, 1.165) is 10.6 Å². The molecule has 0 aliphatic heterocycles. The zero-order valence-electron chi connectivity index (χ0n) is 20.7. The maximum atomic E-state index is 13.5. The molecule has 2 amide bonds. The minimum atomic E-state index is -3.89. The SMILES string of the molecule is COc1ccc(N(CC(=O)N(Cc2ccc(Cl)c(Cl)c2)C(C)C(=O)NCC(C)C)S(C)(=O)=O)cc1Cl. The van der Waals surface area contributed by atoms with Gasteiger partial charge in [0.2, 0.25) is 21.8 Å². The smallest absolute Gasteiger partial charge is 0.244 e. The van der Waals surface area contributed by atoms with Crippen molar-refractivity contribution in [2.75, 3.05) is 30.8 Å². The molecule has 12 heteroatoms. The Morgan fingerprint density at radius 1 is 1.00 bits per heavy atom. The van der Waals surface area contributed by atoms with Crippen LogP contribution in [0.1, 0.15) is 26.3 Å². The summed E-state index contributed by atoms with van der Waals surface area (Å²) in [6.45, 7) is 5.37. The molecule has 0 saturated heterocycles. The Bertz CT molecular complexity index is 1210. The molecule has 0 bridgehead atoms. The second kappa shape index (κ2) is 12.9. The number of ether oxygens (including phenoxy) is 1. The van der Waals surface area contributed by atoms with Crippen molar-refractivity contribution in [3.8, 4) is 5.75 Å². The summed E-state index contributed by atoms with van der Waals surface area (Å²) in [5, 5.41) is 3.64. The van der Waals surface area contributed by atoms with Crippen LogP contribution >= 0.6 is 34.8 Å². The Morgan fingerprint density at radius 3 is 2.19 bits per heavy atom. The normalized spacial score (nSPS) is 12.2. The highest BCUT2D eigenvalue weighted by Crippen LogP contribution is 2.30. The predicted molar refractivity (Wildman–Crippen MR) is 145 cm³/mol. The van der Waals surface area contributed by atoms with Crippen LogP contribution in [0, 0.1) is 5.92 Å². The zero-order valence-corrected chi connectivity index (χ0v) is 23.8. The van der Waals surface area contributed by atoms with Crippen LogP contribution in [0.25, 0.3) is 0 Å². The zero-order chi connectivity index (χ0) is 27.2. The molecule has 36 heavy (non-hydrogen) atoms. The first kappa shape index (κ1) is 30.0. The van der Waals surface area contributed by atoms with Gasteiger partial charge in [0.05, 0.1) is 34.1 Å². The van der Waals surface area contributed by atoms with Crippen LogP contribution in [0.2, 0.25) is 15.1 Å². The third-order valence-corrected chi connectivity index (χ3v) is 7.47. The summed E-state index contributed by atoms with van der Waals surface area (Å²) >= 11 is 18.3. The summed E-state index contributed by atoms with van der Waals surface area (Å²) in [5.41, 5.74) is 0.808. The molecule has 0 saturated carbocycles. The minimum absolute atomic E-state index is 0.00690. The van der Waals surface area contributed by atoms with E-state index < -0.39 is 28.5 Å². The number of hydrogen-bond acceptors (Lipinski definition) is 5. The first-order valence-corrected chi connectivity index (χ1v) is 14.0. The number of anilines is 1. The van der Waals surface area contributed by atoms with Gasteiger partial charge in [-0.25, -0.2) is 8.42 Å². The maximum Gasteiger partial charge on any atom is 0.244 e. The molecular formula is C24H30Cl3N3O5S. The number of methoxy groups -OCH3 is 1. The van der Waals surface area contributed by atoms with E-state index in [4.69, 9.17) is 39.5 Å². The third kappa shape index (κ3) is 8.16. The highest BCUT2D eigenvalue weighted by Gasteiger charge is 2.30. The number of amides is 2. The summed E-state index contributed by atoms with van der Waals surface area (Å²) in [4.78, 5) is 27.7. The first-order valence-electron chi connectivity index (χ1n) is 11.1. The lowest BCUT2D eigenvalue weighted by molar-refractivity contribution is -0.139. The van der Waals surface area contributed by atoms with E-state index >= 15 is 0 Å². The summed E-state index contributed by atoms with van der Waals surface area (Å²) < 4.78 is 31.4. The van der Waals surface area contributed by atoms with Crippen LogP contribution < -0.4 is 14.4 Å². The van der Waals surface area contributed by atoms with Gasteiger partial charge in [-0.2, -0.15) is 0 Å². The van der Waals surface area contributed by atoms with Crippen molar-refractivity contribution in [3.63, 3.8) is 0 Å². The van der Waals surface area contributed by atoms with Crippen molar-refractivity contribution < 1.29 is 22.7 Å². The van der Waals surface area contributed by atoms with E-state index in [1.165, 1.54) is 30.2 Å². The molecule has 0 heterocycles. The molecule has 0 aliphatic rings. The lowest BCUT2D eigenvalue weighted by Crippen LogP contribution is -2.51. The van der Waals surface area contributed by atoms with Gasteiger partial charge in [-0.05, 0) is 48.7 Å². The van der Waals surface area contributed by atoms with Crippen LogP contribution in [-0.2, 0) is 26.2 Å². The molecule has 0 fully saturated rings. The highest BCUT2D eigenvalue weighted by atomic mass is 35.5. The Hall–Kier alpha value is -2.20. The standard InChI is InChI=1S/C24H30Cl3N3O5S/c1-15(2)12-28-24(32)16(3)29(13-17-6-8-19(25)20(26)10-17)23(31)14-30(36(5,33)34)18-7-9-22(35-4)21(27)11-18/h6-11,15-16H,12-14H2,1-5H3,(H,28,32). The molecule has 1 atom stereocenters. The van der Waals surface area contributed by atoms with E-state index in [1.54, 1.807) is 25.1 Å². The minimum Gasteiger partial charge on any atom is -0.495 e. The van der Waals surface area contributed by atoms with Gasteiger partial charge in [0.25, 0.3) is 0 Å². The number of nitrogens with one attached hydrogen (secondary N) is 1. The molecular weight excluding hydrogens is 549 g/mol. The van der Waals surface area contributed by atoms with Crippen LogP contribution in [0.5, 0.6) is 5.75 Å². The van der Waals surface area contributed by atoms with Crippen LogP contribution in [-0.4, -0.2) is 57.6 Å². The van der Waals surface area contributed by atoms with Gasteiger partial charge in [0, 0.05) is 13.1 Å². The molecule has 0 spiro atoms. The topological polar surface area (TPSA) is 96.0 Å². The Labute approximate surface area is 227 Å². The number of benzene rings is 2. The monoisotopic (exact) mass is 577 g/mol. The quantitative estimate of drug-likeness (QED) is 0.420. The summed E-state index contributed by atoms with van der Waals surface area (Å²) in [5.74, 6) is -0.390. The Balaban J connectivity index is 2.42. The van der Waals surface area contributed by atoms with Crippen molar-refractivity contribution in [3.05, 3.63) is 57.0 Å². The van der Waals surface area contributed by atoms with Gasteiger partial charge in [-0.1, -0.05) is 54.7 Å². The summed E-state index contributed by atoms with van der Waals surface area (Å²) in [6, 6.07) is 8.37. The second-order valence-electron chi connectivity index (χ2n) is 8.67. The van der Waals surface area contributed by atoms with E-state index in [0.29, 0.717) is 27.9 Å². The van der Waals surface area contributed by atoms with Crippen molar-refractivity contribution in [2.45, 2.75) is 33.4 Å².